The van der Waals surface area contributed by atoms with Crippen molar-refractivity contribution in [1.29, 1.82) is 0 Å². The predicted octanol–water partition coefficient (Wildman–Crippen LogP) is 4.80. The van der Waals surface area contributed by atoms with Gasteiger partial charge in [0.15, 0.2) is 0 Å². The van der Waals surface area contributed by atoms with E-state index in [0.29, 0.717) is 12.2 Å². The molecule has 0 spiro atoms. The second-order valence-corrected chi connectivity index (χ2v) is 6.98. The standard InChI is InChI=1S/C17H20BrN3O2/c1-17(2,3)23-16(22)21-15-6-4-14(5-7-15)20-10-12-8-13(18)11-19-9-12/h4-9,11,20H,10H2,1-3H3,(H,21,22). The van der Waals surface area contributed by atoms with Gasteiger partial charge in [-0.1, -0.05) is 0 Å². The Morgan fingerprint density at radius 1 is 1.17 bits per heavy atom. The molecule has 0 unspecified atom stereocenters. The number of rotatable bonds is 4. The van der Waals surface area contributed by atoms with E-state index in [-0.39, 0.29) is 0 Å². The van der Waals surface area contributed by atoms with Crippen LogP contribution < -0.4 is 10.6 Å². The van der Waals surface area contributed by atoms with Crippen LogP contribution >= 0.6 is 15.9 Å². The van der Waals surface area contributed by atoms with Crippen LogP contribution in [0, 0.1) is 0 Å². The number of hydrogen-bond acceptors (Lipinski definition) is 4. The first-order valence-electron chi connectivity index (χ1n) is 7.25. The van der Waals surface area contributed by atoms with Gasteiger partial charge in [0, 0.05) is 34.8 Å². The molecule has 23 heavy (non-hydrogen) atoms. The lowest BCUT2D eigenvalue weighted by Crippen LogP contribution is -2.27. The summed E-state index contributed by atoms with van der Waals surface area (Å²) < 4.78 is 6.16. The van der Waals surface area contributed by atoms with Crippen molar-refractivity contribution in [3.05, 3.63) is 52.8 Å². The summed E-state index contributed by atoms with van der Waals surface area (Å²) in [6.07, 6.45) is 3.11. The first-order valence-corrected chi connectivity index (χ1v) is 8.04. The Morgan fingerprint density at radius 3 is 2.43 bits per heavy atom. The molecule has 1 heterocycles. The number of anilines is 2. The van der Waals surface area contributed by atoms with Gasteiger partial charge < -0.3 is 10.1 Å². The Balaban J connectivity index is 1.88. The smallest absolute Gasteiger partial charge is 0.412 e. The molecule has 1 aromatic heterocycles. The highest BCUT2D eigenvalue weighted by Crippen LogP contribution is 2.17. The van der Waals surface area contributed by atoms with Crippen molar-refractivity contribution in [2.45, 2.75) is 32.9 Å². The predicted molar refractivity (Wildman–Crippen MR) is 95.6 cm³/mol. The number of nitrogens with one attached hydrogen (secondary N) is 2. The molecule has 0 aliphatic heterocycles. The summed E-state index contributed by atoms with van der Waals surface area (Å²) >= 11 is 3.40. The summed E-state index contributed by atoms with van der Waals surface area (Å²) in [5, 5.41) is 6.00. The quantitative estimate of drug-likeness (QED) is 0.802. The van der Waals surface area contributed by atoms with Gasteiger partial charge in [0.1, 0.15) is 5.60 Å². The van der Waals surface area contributed by atoms with Gasteiger partial charge in [-0.3, -0.25) is 10.3 Å². The third kappa shape index (κ3) is 6.28. The summed E-state index contributed by atoms with van der Waals surface area (Å²) in [6, 6.07) is 9.46. The molecule has 0 radical (unpaired) electrons. The summed E-state index contributed by atoms with van der Waals surface area (Å²) in [4.78, 5) is 15.8. The molecule has 0 aliphatic carbocycles. The van der Waals surface area contributed by atoms with Gasteiger partial charge in [0.25, 0.3) is 0 Å². The summed E-state index contributed by atoms with van der Waals surface area (Å²) in [5.41, 5.74) is 2.22. The highest BCUT2D eigenvalue weighted by molar-refractivity contribution is 9.10. The van der Waals surface area contributed by atoms with E-state index in [4.69, 9.17) is 4.74 Å². The average Bonchev–Trinajstić information content (AvgIpc) is 2.44. The number of benzene rings is 1. The first-order chi connectivity index (χ1) is 10.8. The largest absolute Gasteiger partial charge is 0.444 e. The van der Waals surface area contributed by atoms with Crippen molar-refractivity contribution in [3.8, 4) is 0 Å². The molecule has 2 rings (SSSR count). The lowest BCUT2D eigenvalue weighted by molar-refractivity contribution is 0.0636. The van der Waals surface area contributed by atoms with Crippen LogP contribution in [-0.2, 0) is 11.3 Å². The van der Waals surface area contributed by atoms with Gasteiger partial charge in [-0.15, -0.1) is 0 Å². The molecule has 122 valence electrons. The van der Waals surface area contributed by atoms with Gasteiger partial charge in [-0.25, -0.2) is 4.79 Å². The van der Waals surface area contributed by atoms with Crippen molar-refractivity contribution in [1.82, 2.24) is 4.98 Å². The number of hydrogen-bond donors (Lipinski definition) is 2. The average molecular weight is 378 g/mol. The fourth-order valence-electron chi connectivity index (χ4n) is 1.85. The van der Waals surface area contributed by atoms with Gasteiger partial charge in [-0.05, 0) is 72.6 Å². The van der Waals surface area contributed by atoms with Crippen LogP contribution in [0.15, 0.2) is 47.2 Å². The van der Waals surface area contributed by atoms with Crippen molar-refractivity contribution in [2.24, 2.45) is 0 Å². The van der Waals surface area contributed by atoms with Gasteiger partial charge in [0.2, 0.25) is 0 Å². The van der Waals surface area contributed by atoms with Crippen LogP contribution in [0.5, 0.6) is 0 Å². The fraction of sp³-hybridized carbons (Fsp3) is 0.294. The highest BCUT2D eigenvalue weighted by atomic mass is 79.9. The molecule has 0 atom stereocenters. The maximum absolute atomic E-state index is 11.7. The van der Waals surface area contributed by atoms with E-state index in [2.05, 4.69) is 31.5 Å². The van der Waals surface area contributed by atoms with Gasteiger partial charge >= 0.3 is 6.09 Å². The lowest BCUT2D eigenvalue weighted by Gasteiger charge is -2.19. The molecule has 5 nitrogen and oxygen atoms in total. The SMILES string of the molecule is CC(C)(C)OC(=O)Nc1ccc(NCc2cncc(Br)c2)cc1. The van der Waals surface area contributed by atoms with Crippen LogP contribution in [0.2, 0.25) is 0 Å². The maximum Gasteiger partial charge on any atom is 0.412 e. The minimum Gasteiger partial charge on any atom is -0.444 e. The van der Waals surface area contributed by atoms with Crippen molar-refractivity contribution >= 4 is 33.4 Å². The number of carbonyl (C=O) groups excluding carboxylic acids is 1. The number of carbonyl (C=O) groups is 1. The molecule has 1 amide bonds. The minimum absolute atomic E-state index is 0.460. The van der Waals surface area contributed by atoms with Gasteiger partial charge in [-0.2, -0.15) is 0 Å². The molecule has 1 aromatic carbocycles. The van der Waals surface area contributed by atoms with Crippen molar-refractivity contribution in [3.63, 3.8) is 0 Å². The number of aromatic nitrogens is 1. The summed E-state index contributed by atoms with van der Waals surface area (Å²) in [5.74, 6) is 0. The molecule has 6 heteroatoms. The fourth-order valence-corrected chi connectivity index (χ4v) is 2.26. The van der Waals surface area contributed by atoms with Crippen molar-refractivity contribution in [2.75, 3.05) is 10.6 Å². The van der Waals surface area contributed by atoms with E-state index in [1.807, 2.05) is 57.3 Å². The number of pyridine rings is 1. The van der Waals surface area contributed by atoms with Crippen LogP contribution in [0.1, 0.15) is 26.3 Å². The Morgan fingerprint density at radius 2 is 1.83 bits per heavy atom. The number of ether oxygens (including phenoxy) is 1. The Kier molecular flexibility index (Phi) is 5.60. The number of amides is 1. The molecular formula is C17H20BrN3O2. The molecular weight excluding hydrogens is 358 g/mol. The Labute approximate surface area is 144 Å². The Hall–Kier alpha value is -2.08. The second kappa shape index (κ2) is 7.46. The monoisotopic (exact) mass is 377 g/mol. The second-order valence-electron chi connectivity index (χ2n) is 6.07. The van der Waals surface area contributed by atoms with Crippen LogP contribution in [0.3, 0.4) is 0 Å². The molecule has 0 saturated carbocycles. The molecule has 2 N–H and O–H groups in total. The third-order valence-electron chi connectivity index (χ3n) is 2.79. The van der Waals surface area contributed by atoms with Crippen molar-refractivity contribution < 1.29 is 9.53 Å². The lowest BCUT2D eigenvalue weighted by atomic mass is 10.2. The minimum atomic E-state index is -0.510. The number of nitrogens with zero attached hydrogens (tertiary/aromatic N) is 1. The van der Waals surface area contributed by atoms with Crippen LogP contribution in [0.4, 0.5) is 16.2 Å². The molecule has 0 saturated heterocycles. The van der Waals surface area contributed by atoms with Gasteiger partial charge in [0.05, 0.1) is 0 Å². The van der Waals surface area contributed by atoms with Crippen LogP contribution in [-0.4, -0.2) is 16.7 Å². The first kappa shape index (κ1) is 17.3. The van der Waals surface area contributed by atoms with E-state index in [1.54, 1.807) is 6.20 Å². The zero-order chi connectivity index (χ0) is 16.9. The summed E-state index contributed by atoms with van der Waals surface area (Å²) in [7, 11) is 0. The molecule has 0 fully saturated rings. The zero-order valence-electron chi connectivity index (χ0n) is 13.4. The third-order valence-corrected chi connectivity index (χ3v) is 3.22. The topological polar surface area (TPSA) is 63.2 Å². The van der Waals surface area contributed by atoms with E-state index < -0.39 is 11.7 Å². The highest BCUT2D eigenvalue weighted by Gasteiger charge is 2.15. The normalized spacial score (nSPS) is 11.0. The molecule has 0 bridgehead atoms. The van der Waals surface area contributed by atoms with E-state index in [0.717, 1.165) is 15.7 Å². The zero-order valence-corrected chi connectivity index (χ0v) is 15.0. The number of halogens is 1. The molecule has 2 aromatic rings. The maximum atomic E-state index is 11.7. The van der Waals surface area contributed by atoms with E-state index in [1.165, 1.54) is 0 Å². The van der Waals surface area contributed by atoms with E-state index >= 15 is 0 Å². The molecule has 0 aliphatic rings. The summed E-state index contributed by atoms with van der Waals surface area (Å²) in [6.45, 7) is 6.16. The van der Waals surface area contributed by atoms with Crippen LogP contribution in [0.25, 0.3) is 0 Å². The Bertz CT molecular complexity index is 666. The van der Waals surface area contributed by atoms with E-state index in [9.17, 15) is 4.79 Å².